The average molecular weight is 502 g/mol. The molecule has 0 bridgehead atoms. The first-order chi connectivity index (χ1) is 16.1. The van der Waals surface area contributed by atoms with Crippen molar-refractivity contribution in [2.24, 2.45) is 5.14 Å². The van der Waals surface area contributed by atoms with Crippen molar-refractivity contribution in [3.05, 3.63) is 71.8 Å². The molecule has 0 atom stereocenters. The predicted molar refractivity (Wildman–Crippen MR) is 129 cm³/mol. The number of anilines is 1. The van der Waals surface area contributed by atoms with Crippen molar-refractivity contribution in [1.29, 1.82) is 0 Å². The summed E-state index contributed by atoms with van der Waals surface area (Å²) in [6.07, 6.45) is 0. The number of nitrogens with zero attached hydrogens (tertiary/aromatic N) is 1. The molecule has 178 valence electrons. The average Bonchev–Trinajstić information content (AvgIpc) is 3.22. The maximum absolute atomic E-state index is 12.7. The molecule has 0 aliphatic heterocycles. The first-order valence-electron chi connectivity index (χ1n) is 10.1. The summed E-state index contributed by atoms with van der Waals surface area (Å²) < 4.78 is 28.2. The lowest BCUT2D eigenvalue weighted by molar-refractivity contribution is -0.116. The van der Waals surface area contributed by atoms with Crippen molar-refractivity contribution in [1.82, 2.24) is 4.90 Å². The molecule has 3 aromatic rings. The number of likely N-dealkylation sites (N-methyl/N-ethyl adjacent to an activating group) is 1. The fraction of sp³-hybridized carbons (Fsp3) is 0.174. The molecule has 0 unspecified atom stereocenters. The van der Waals surface area contributed by atoms with E-state index in [0.717, 1.165) is 21.4 Å². The molecule has 1 heterocycles. The summed E-state index contributed by atoms with van der Waals surface area (Å²) in [5.74, 6) is -1.67. The van der Waals surface area contributed by atoms with Crippen molar-refractivity contribution < 1.29 is 27.5 Å². The number of hydrogen-bond donors (Lipinski definition) is 2. The van der Waals surface area contributed by atoms with Crippen LogP contribution >= 0.6 is 11.3 Å². The Kier molecular flexibility index (Phi) is 7.82. The van der Waals surface area contributed by atoms with Crippen LogP contribution in [0.1, 0.15) is 27.6 Å². The zero-order valence-corrected chi connectivity index (χ0v) is 20.1. The highest BCUT2D eigenvalue weighted by Crippen LogP contribution is 2.36. The van der Waals surface area contributed by atoms with Crippen molar-refractivity contribution >= 4 is 44.1 Å². The summed E-state index contributed by atoms with van der Waals surface area (Å²) in [5, 5.41) is 8.11. The molecule has 3 rings (SSSR count). The van der Waals surface area contributed by atoms with Gasteiger partial charge in [-0.2, -0.15) is 0 Å². The Morgan fingerprint density at radius 1 is 1.06 bits per heavy atom. The van der Waals surface area contributed by atoms with E-state index in [4.69, 9.17) is 9.88 Å². The van der Waals surface area contributed by atoms with Crippen LogP contribution in [0.2, 0.25) is 0 Å². The molecule has 1 aromatic heterocycles. The number of nitrogens with two attached hydrogens (primary N) is 1. The predicted octanol–water partition coefficient (Wildman–Crippen LogP) is 2.95. The molecule has 11 heteroatoms. The Labute approximate surface area is 201 Å². The second-order valence-corrected chi connectivity index (χ2v) is 9.84. The lowest BCUT2D eigenvalue weighted by atomic mass is 10.1. The summed E-state index contributed by atoms with van der Waals surface area (Å²) in [6.45, 7) is 1.53. The van der Waals surface area contributed by atoms with E-state index in [-0.39, 0.29) is 29.2 Å². The van der Waals surface area contributed by atoms with E-state index >= 15 is 0 Å². The van der Waals surface area contributed by atoms with Gasteiger partial charge in [-0.1, -0.05) is 36.4 Å². The fourth-order valence-electron chi connectivity index (χ4n) is 3.07. The number of hydrogen-bond acceptors (Lipinski definition) is 7. The van der Waals surface area contributed by atoms with Gasteiger partial charge in [-0.3, -0.25) is 9.59 Å². The van der Waals surface area contributed by atoms with E-state index in [0.29, 0.717) is 5.00 Å². The number of ether oxygens (including phenoxy) is 1. The third kappa shape index (κ3) is 6.07. The van der Waals surface area contributed by atoms with Gasteiger partial charge in [0.25, 0.3) is 5.91 Å². The van der Waals surface area contributed by atoms with E-state index in [2.05, 4.69) is 5.32 Å². The van der Waals surface area contributed by atoms with Crippen LogP contribution in [0, 0.1) is 0 Å². The Morgan fingerprint density at radius 2 is 1.76 bits per heavy atom. The van der Waals surface area contributed by atoms with Crippen LogP contribution in [0.4, 0.5) is 5.00 Å². The normalized spacial score (nSPS) is 11.0. The van der Waals surface area contributed by atoms with Crippen LogP contribution in [0.5, 0.6) is 0 Å². The number of sulfonamides is 1. The first kappa shape index (κ1) is 25.1. The highest BCUT2D eigenvalue weighted by Gasteiger charge is 2.22. The minimum Gasteiger partial charge on any atom is -0.462 e. The van der Waals surface area contributed by atoms with Crippen molar-refractivity contribution in [3.63, 3.8) is 0 Å². The largest absolute Gasteiger partial charge is 0.462 e. The zero-order valence-electron chi connectivity index (χ0n) is 18.5. The fourth-order valence-corrected chi connectivity index (χ4v) is 4.70. The zero-order chi connectivity index (χ0) is 24.9. The van der Waals surface area contributed by atoms with Gasteiger partial charge in [0, 0.05) is 17.5 Å². The summed E-state index contributed by atoms with van der Waals surface area (Å²) in [6, 6.07) is 16.3. The number of carbonyl (C=O) groups is 3. The molecule has 0 spiro atoms. The molecule has 2 amide bonds. The van der Waals surface area contributed by atoms with Crippen molar-refractivity contribution in [3.8, 4) is 10.4 Å². The van der Waals surface area contributed by atoms with Gasteiger partial charge in [0.2, 0.25) is 15.9 Å². The highest BCUT2D eigenvalue weighted by atomic mass is 32.2. The Hall–Kier alpha value is -3.54. The second-order valence-electron chi connectivity index (χ2n) is 7.22. The van der Waals surface area contributed by atoms with Crippen LogP contribution in [0.3, 0.4) is 0 Å². The van der Waals surface area contributed by atoms with Gasteiger partial charge in [0.05, 0.1) is 23.6 Å². The van der Waals surface area contributed by atoms with Crippen LogP contribution in [-0.2, 0) is 19.6 Å². The van der Waals surface area contributed by atoms with Crippen molar-refractivity contribution in [2.45, 2.75) is 11.8 Å². The molecule has 0 aliphatic rings. The van der Waals surface area contributed by atoms with Gasteiger partial charge in [0.1, 0.15) is 5.00 Å². The smallest absolute Gasteiger partial charge is 0.341 e. The molecular formula is C23H23N3O6S2. The maximum Gasteiger partial charge on any atom is 0.341 e. The molecule has 2 aromatic carbocycles. The summed E-state index contributed by atoms with van der Waals surface area (Å²) >= 11 is 1.21. The number of rotatable bonds is 8. The topological polar surface area (TPSA) is 136 Å². The minimum absolute atomic E-state index is 0.0662. The van der Waals surface area contributed by atoms with Gasteiger partial charge >= 0.3 is 5.97 Å². The number of esters is 1. The summed E-state index contributed by atoms with van der Waals surface area (Å²) in [4.78, 5) is 39.5. The Morgan fingerprint density at radius 3 is 2.41 bits per heavy atom. The highest BCUT2D eigenvalue weighted by molar-refractivity contribution is 7.89. The van der Waals surface area contributed by atoms with Crippen LogP contribution in [0.15, 0.2) is 65.6 Å². The number of amides is 2. The monoisotopic (exact) mass is 501 g/mol. The molecule has 0 saturated carbocycles. The van der Waals surface area contributed by atoms with E-state index in [9.17, 15) is 22.8 Å². The maximum atomic E-state index is 12.7. The molecule has 3 N–H and O–H groups in total. The number of primary sulfonamides is 1. The van der Waals surface area contributed by atoms with Crippen molar-refractivity contribution in [2.75, 3.05) is 25.5 Å². The SMILES string of the molecule is CCOC(=O)c1cc(-c2ccccc2)sc1NC(=O)CN(C)C(=O)c1cccc(S(N)(=O)=O)c1. The standard InChI is InChI=1S/C23H23N3O6S2/c1-3-32-23(29)18-13-19(15-8-5-4-6-9-15)33-21(18)25-20(27)14-26(2)22(28)16-10-7-11-17(12-16)34(24,30)31/h4-13H,3,14H2,1-2H3,(H,25,27)(H2,24,30,31). The number of nitrogens with one attached hydrogen (secondary N) is 1. The van der Waals surface area contributed by atoms with E-state index in [1.165, 1.54) is 36.6 Å². The molecule has 0 fully saturated rings. The van der Waals surface area contributed by atoms with E-state index in [1.54, 1.807) is 13.0 Å². The van der Waals surface area contributed by atoms with Crippen LogP contribution in [0.25, 0.3) is 10.4 Å². The quantitative estimate of drug-likeness (QED) is 0.456. The Balaban J connectivity index is 1.78. The van der Waals surface area contributed by atoms with Gasteiger partial charge in [-0.25, -0.2) is 18.4 Å². The van der Waals surface area contributed by atoms with Gasteiger partial charge in [0.15, 0.2) is 0 Å². The molecule has 0 radical (unpaired) electrons. The third-order valence-corrected chi connectivity index (χ3v) is 6.69. The van der Waals surface area contributed by atoms with E-state index in [1.807, 2.05) is 30.3 Å². The first-order valence-corrected chi connectivity index (χ1v) is 12.5. The molecular weight excluding hydrogens is 478 g/mol. The van der Waals surface area contributed by atoms with Gasteiger partial charge in [-0.05, 0) is 36.8 Å². The summed E-state index contributed by atoms with van der Waals surface area (Å²) in [5.41, 5.74) is 1.16. The van der Waals surface area contributed by atoms with Crippen LogP contribution in [-0.4, -0.2) is 51.3 Å². The lowest BCUT2D eigenvalue weighted by Crippen LogP contribution is -2.35. The van der Waals surface area contributed by atoms with E-state index < -0.39 is 27.8 Å². The molecule has 9 nitrogen and oxygen atoms in total. The Bertz CT molecular complexity index is 1320. The van der Waals surface area contributed by atoms with Gasteiger partial charge in [-0.15, -0.1) is 11.3 Å². The molecule has 0 aliphatic carbocycles. The minimum atomic E-state index is -3.98. The number of carbonyl (C=O) groups excluding carboxylic acids is 3. The molecule has 34 heavy (non-hydrogen) atoms. The number of thiophene rings is 1. The summed E-state index contributed by atoms with van der Waals surface area (Å²) in [7, 11) is -2.57. The van der Waals surface area contributed by atoms with Crippen LogP contribution < -0.4 is 10.5 Å². The third-order valence-electron chi connectivity index (χ3n) is 4.68. The number of benzene rings is 2. The van der Waals surface area contributed by atoms with Gasteiger partial charge < -0.3 is 15.0 Å². The second kappa shape index (κ2) is 10.6. The molecule has 0 saturated heterocycles. The lowest BCUT2D eigenvalue weighted by Gasteiger charge is -2.17.